The Hall–Kier alpha value is -3.20. The molecule has 5 rings (SSSR count). The zero-order valence-corrected chi connectivity index (χ0v) is 21.0. The molecule has 0 spiro atoms. The molecule has 0 aliphatic heterocycles. The van der Waals surface area contributed by atoms with Gasteiger partial charge in [-0.1, -0.05) is 60.3 Å². The van der Waals surface area contributed by atoms with E-state index in [2.05, 4.69) is 31.5 Å². The molecular formula is C26H18BrN3O2S2. The highest BCUT2D eigenvalue weighted by atomic mass is 79.9. The zero-order valence-electron chi connectivity index (χ0n) is 17.7. The lowest BCUT2D eigenvalue weighted by atomic mass is 10.1. The van der Waals surface area contributed by atoms with E-state index in [4.69, 9.17) is 0 Å². The smallest absolute Gasteiger partial charge is 0.256 e. The number of thiazole rings is 1. The molecule has 0 saturated heterocycles. The maximum atomic E-state index is 12.6. The van der Waals surface area contributed by atoms with Crippen molar-refractivity contribution in [2.45, 2.75) is 4.34 Å². The molecular weight excluding hydrogens is 530 g/mol. The fraction of sp³-hybridized carbons (Fsp3) is 0.0385. The molecule has 2 amide bonds. The van der Waals surface area contributed by atoms with Gasteiger partial charge in [0.25, 0.3) is 5.91 Å². The molecule has 0 atom stereocenters. The molecule has 1 heterocycles. The highest BCUT2D eigenvalue weighted by Crippen LogP contribution is 2.32. The van der Waals surface area contributed by atoms with Crippen molar-refractivity contribution in [2.75, 3.05) is 16.4 Å². The molecule has 0 fully saturated rings. The van der Waals surface area contributed by atoms with E-state index in [9.17, 15) is 9.59 Å². The number of nitrogens with zero attached hydrogens (tertiary/aromatic N) is 1. The first-order chi connectivity index (χ1) is 16.6. The molecule has 2 N–H and O–H groups in total. The first kappa shape index (κ1) is 22.6. The topological polar surface area (TPSA) is 71.1 Å². The average Bonchev–Trinajstić information content (AvgIpc) is 3.25. The highest BCUT2D eigenvalue weighted by molar-refractivity contribution is 9.10. The number of nitrogens with one attached hydrogen (secondary N) is 2. The van der Waals surface area contributed by atoms with Crippen molar-refractivity contribution in [3.8, 4) is 0 Å². The minimum atomic E-state index is -0.184. The van der Waals surface area contributed by atoms with Gasteiger partial charge in [0.2, 0.25) is 5.91 Å². The Morgan fingerprint density at radius 2 is 1.71 bits per heavy atom. The Bertz CT molecular complexity index is 1530. The second kappa shape index (κ2) is 9.97. The molecule has 4 aromatic carbocycles. The predicted octanol–water partition coefficient (Wildman–Crippen LogP) is 7.20. The summed E-state index contributed by atoms with van der Waals surface area (Å²) >= 11 is 6.31. The van der Waals surface area contributed by atoms with Gasteiger partial charge in [-0.2, -0.15) is 0 Å². The zero-order chi connectivity index (χ0) is 23.5. The average molecular weight is 548 g/mol. The van der Waals surface area contributed by atoms with E-state index in [1.165, 1.54) is 23.1 Å². The number of halogens is 1. The van der Waals surface area contributed by atoms with Gasteiger partial charge in [0, 0.05) is 21.2 Å². The number of fused-ring (bicyclic) bond motifs is 2. The maximum absolute atomic E-state index is 12.6. The van der Waals surface area contributed by atoms with Crippen molar-refractivity contribution in [2.24, 2.45) is 0 Å². The van der Waals surface area contributed by atoms with Gasteiger partial charge in [-0.25, -0.2) is 4.98 Å². The lowest BCUT2D eigenvalue weighted by Crippen LogP contribution is -2.14. The SMILES string of the molecule is O=C(CSc1nc2ccc(NC(=O)c3ccccc3Br)cc2s1)Nc1cccc2ccccc12. The summed E-state index contributed by atoms with van der Waals surface area (Å²) in [7, 11) is 0. The largest absolute Gasteiger partial charge is 0.325 e. The summed E-state index contributed by atoms with van der Waals surface area (Å²) in [5, 5.41) is 8.04. The molecule has 0 aliphatic rings. The summed E-state index contributed by atoms with van der Waals surface area (Å²) in [5.41, 5.74) is 2.90. The Balaban J connectivity index is 1.24. The van der Waals surface area contributed by atoms with Crippen LogP contribution in [0.5, 0.6) is 0 Å². The standard InChI is InChI=1S/C26H18BrN3O2S2/c27-20-10-4-3-9-19(20)25(32)28-17-12-13-22-23(14-17)34-26(30-22)33-15-24(31)29-21-11-5-7-16-6-1-2-8-18(16)21/h1-14H,15H2,(H,28,32)(H,29,31). The number of carbonyl (C=O) groups is 2. The van der Waals surface area contributed by atoms with Crippen LogP contribution in [-0.2, 0) is 4.79 Å². The lowest BCUT2D eigenvalue weighted by Gasteiger charge is -2.08. The predicted molar refractivity (Wildman–Crippen MR) is 145 cm³/mol. The van der Waals surface area contributed by atoms with Crippen molar-refractivity contribution in [3.63, 3.8) is 0 Å². The molecule has 0 unspecified atom stereocenters. The van der Waals surface area contributed by atoms with Gasteiger partial charge in [0.15, 0.2) is 4.34 Å². The van der Waals surface area contributed by atoms with Gasteiger partial charge in [0.05, 0.1) is 21.5 Å². The molecule has 168 valence electrons. The molecule has 8 heteroatoms. The number of aromatic nitrogens is 1. The van der Waals surface area contributed by atoms with Gasteiger partial charge in [0.1, 0.15) is 0 Å². The minimum absolute atomic E-state index is 0.0815. The fourth-order valence-electron chi connectivity index (χ4n) is 3.53. The van der Waals surface area contributed by atoms with E-state index in [0.29, 0.717) is 11.3 Å². The van der Waals surface area contributed by atoms with Crippen LogP contribution in [0, 0.1) is 0 Å². The normalized spacial score (nSPS) is 11.0. The third kappa shape index (κ3) is 4.99. The Morgan fingerprint density at radius 1 is 0.912 bits per heavy atom. The molecule has 0 aliphatic carbocycles. The van der Waals surface area contributed by atoms with Crippen molar-refractivity contribution < 1.29 is 9.59 Å². The first-order valence-corrected chi connectivity index (χ1v) is 13.0. The van der Waals surface area contributed by atoms with Crippen LogP contribution < -0.4 is 10.6 Å². The van der Waals surface area contributed by atoms with E-state index in [1.54, 1.807) is 6.07 Å². The molecule has 5 aromatic rings. The minimum Gasteiger partial charge on any atom is -0.325 e. The molecule has 1 aromatic heterocycles. The van der Waals surface area contributed by atoms with Gasteiger partial charge >= 0.3 is 0 Å². The monoisotopic (exact) mass is 547 g/mol. The fourth-order valence-corrected chi connectivity index (χ4v) is 5.91. The van der Waals surface area contributed by atoms with Crippen LogP contribution in [0.2, 0.25) is 0 Å². The molecule has 5 nitrogen and oxygen atoms in total. The number of thioether (sulfide) groups is 1. The summed E-state index contributed by atoms with van der Waals surface area (Å²) in [6, 6.07) is 26.7. The summed E-state index contributed by atoms with van der Waals surface area (Å²) in [6.45, 7) is 0. The third-order valence-electron chi connectivity index (χ3n) is 5.14. The van der Waals surface area contributed by atoms with E-state index in [1.807, 2.05) is 78.9 Å². The first-order valence-electron chi connectivity index (χ1n) is 10.4. The summed E-state index contributed by atoms with van der Waals surface area (Å²) in [5.74, 6) is -0.00710. The van der Waals surface area contributed by atoms with Crippen LogP contribution in [0.1, 0.15) is 10.4 Å². The highest BCUT2D eigenvalue weighted by Gasteiger charge is 2.12. The van der Waals surface area contributed by atoms with Crippen molar-refractivity contribution in [3.05, 3.63) is 95.0 Å². The van der Waals surface area contributed by atoms with Gasteiger partial charge in [-0.15, -0.1) is 11.3 Å². The van der Waals surface area contributed by atoms with Gasteiger partial charge in [-0.05, 0) is 57.7 Å². The molecule has 0 radical (unpaired) electrons. The van der Waals surface area contributed by atoms with Gasteiger partial charge < -0.3 is 10.6 Å². The van der Waals surface area contributed by atoms with Crippen molar-refractivity contribution in [1.29, 1.82) is 0 Å². The number of anilines is 2. The van der Waals surface area contributed by atoms with Crippen LogP contribution in [0.15, 0.2) is 93.7 Å². The molecule has 0 bridgehead atoms. The summed E-state index contributed by atoms with van der Waals surface area (Å²) in [4.78, 5) is 29.8. The van der Waals surface area contributed by atoms with E-state index >= 15 is 0 Å². The van der Waals surface area contributed by atoms with E-state index in [-0.39, 0.29) is 17.6 Å². The maximum Gasteiger partial charge on any atom is 0.256 e. The van der Waals surface area contributed by atoms with Crippen LogP contribution in [0.4, 0.5) is 11.4 Å². The second-order valence-electron chi connectivity index (χ2n) is 7.46. The number of benzene rings is 4. The lowest BCUT2D eigenvalue weighted by molar-refractivity contribution is -0.113. The van der Waals surface area contributed by atoms with E-state index in [0.717, 1.165) is 35.5 Å². The van der Waals surface area contributed by atoms with Crippen LogP contribution in [0.3, 0.4) is 0 Å². The number of rotatable bonds is 6. The number of carbonyl (C=O) groups excluding carboxylic acids is 2. The van der Waals surface area contributed by atoms with Crippen LogP contribution in [-0.4, -0.2) is 22.6 Å². The number of amides is 2. The molecule has 34 heavy (non-hydrogen) atoms. The quantitative estimate of drug-likeness (QED) is 0.220. The van der Waals surface area contributed by atoms with Crippen LogP contribution in [0.25, 0.3) is 21.0 Å². The van der Waals surface area contributed by atoms with E-state index < -0.39 is 0 Å². The Labute approximate surface area is 212 Å². The number of hydrogen-bond donors (Lipinski definition) is 2. The third-order valence-corrected chi connectivity index (χ3v) is 7.99. The molecule has 0 saturated carbocycles. The van der Waals surface area contributed by atoms with Crippen LogP contribution >= 0.6 is 39.0 Å². The number of hydrogen-bond acceptors (Lipinski definition) is 5. The summed E-state index contributed by atoms with van der Waals surface area (Å²) < 4.78 is 2.49. The summed E-state index contributed by atoms with van der Waals surface area (Å²) in [6.07, 6.45) is 0. The van der Waals surface area contributed by atoms with Crippen molar-refractivity contribution in [1.82, 2.24) is 4.98 Å². The van der Waals surface area contributed by atoms with Crippen molar-refractivity contribution >= 4 is 83.2 Å². The van der Waals surface area contributed by atoms with Gasteiger partial charge in [-0.3, -0.25) is 9.59 Å². The second-order valence-corrected chi connectivity index (χ2v) is 10.6. The Kier molecular flexibility index (Phi) is 6.62. The Morgan fingerprint density at radius 3 is 2.59 bits per heavy atom.